The van der Waals surface area contributed by atoms with Gasteiger partial charge in [-0.1, -0.05) is 48.6 Å². The van der Waals surface area contributed by atoms with Crippen molar-refractivity contribution in [3.8, 4) is 0 Å². The second-order valence-electron chi connectivity index (χ2n) is 5.36. The fourth-order valence-corrected chi connectivity index (χ4v) is 3.33. The Labute approximate surface area is 105 Å². The molecule has 0 radical (unpaired) electrons. The highest BCUT2D eigenvalue weighted by molar-refractivity contribution is 5.67. The van der Waals surface area contributed by atoms with Crippen molar-refractivity contribution in [3.63, 3.8) is 0 Å². The molecule has 2 aromatic carbocycles. The molecular weight excluding hydrogens is 216 g/mol. The van der Waals surface area contributed by atoms with Gasteiger partial charge >= 0.3 is 0 Å². The van der Waals surface area contributed by atoms with E-state index < -0.39 is 0 Å². The number of fused-ring (bicyclic) bond motifs is 7. The third kappa shape index (κ3) is 1.01. The van der Waals surface area contributed by atoms with Crippen molar-refractivity contribution >= 4 is 12.2 Å². The SMILES string of the molecule is C1=C\C=c2\c3c(c4c(\c2=c2/cccc/c2=C/1)C4)C3. The van der Waals surface area contributed by atoms with Crippen LogP contribution >= 0.6 is 0 Å². The zero-order chi connectivity index (χ0) is 11.7. The zero-order valence-corrected chi connectivity index (χ0v) is 10.0. The monoisotopic (exact) mass is 228 g/mol. The molecule has 0 aromatic heterocycles. The van der Waals surface area contributed by atoms with Gasteiger partial charge in [0.25, 0.3) is 0 Å². The van der Waals surface area contributed by atoms with E-state index in [4.69, 9.17) is 0 Å². The van der Waals surface area contributed by atoms with Gasteiger partial charge < -0.3 is 0 Å². The molecule has 5 rings (SSSR count). The number of rotatable bonds is 0. The smallest absolute Gasteiger partial charge is 0.00104 e. The fourth-order valence-electron chi connectivity index (χ4n) is 3.33. The Bertz CT molecular complexity index is 957. The number of benzene rings is 2. The third-order valence-electron chi connectivity index (χ3n) is 4.33. The third-order valence-corrected chi connectivity index (χ3v) is 4.33. The van der Waals surface area contributed by atoms with Crippen molar-refractivity contribution in [2.24, 2.45) is 0 Å². The van der Waals surface area contributed by atoms with Gasteiger partial charge in [0.1, 0.15) is 0 Å². The molecule has 2 aromatic rings. The van der Waals surface area contributed by atoms with Crippen molar-refractivity contribution in [2.75, 3.05) is 0 Å². The lowest BCUT2D eigenvalue weighted by molar-refractivity contribution is 1.38. The van der Waals surface area contributed by atoms with Crippen LogP contribution in [0.3, 0.4) is 0 Å². The van der Waals surface area contributed by atoms with Crippen LogP contribution in [0.5, 0.6) is 0 Å². The van der Waals surface area contributed by atoms with Crippen LogP contribution in [0.1, 0.15) is 22.3 Å². The minimum atomic E-state index is 1.23. The summed E-state index contributed by atoms with van der Waals surface area (Å²) in [6.07, 6.45) is 11.3. The van der Waals surface area contributed by atoms with Crippen LogP contribution in [0.4, 0.5) is 0 Å². The van der Waals surface area contributed by atoms with Crippen LogP contribution in [-0.4, -0.2) is 0 Å². The zero-order valence-electron chi connectivity index (χ0n) is 10.0. The van der Waals surface area contributed by atoms with E-state index in [0.717, 1.165) is 0 Å². The summed E-state index contributed by atoms with van der Waals surface area (Å²) in [6.45, 7) is 0. The van der Waals surface area contributed by atoms with Gasteiger partial charge in [0, 0.05) is 0 Å². The average Bonchev–Trinajstić information content (AvgIpc) is 3.22. The van der Waals surface area contributed by atoms with Gasteiger partial charge in [0.15, 0.2) is 0 Å². The van der Waals surface area contributed by atoms with E-state index in [1.54, 1.807) is 22.3 Å². The second-order valence-corrected chi connectivity index (χ2v) is 5.36. The molecule has 0 atom stereocenters. The average molecular weight is 228 g/mol. The van der Waals surface area contributed by atoms with Crippen molar-refractivity contribution in [1.82, 2.24) is 0 Å². The minimum Gasteiger partial charge on any atom is -0.0616 e. The molecule has 0 nitrogen and oxygen atoms in total. The topological polar surface area (TPSA) is 0 Å². The van der Waals surface area contributed by atoms with Crippen molar-refractivity contribution in [3.05, 3.63) is 79.5 Å². The largest absolute Gasteiger partial charge is 0.0616 e. The predicted molar refractivity (Wildman–Crippen MR) is 73.5 cm³/mol. The number of allylic oxidation sites excluding steroid dienone is 2. The first kappa shape index (κ1) is 8.93. The summed E-state index contributed by atoms with van der Waals surface area (Å²) < 4.78 is 0. The number of hydrogen-bond acceptors (Lipinski definition) is 0. The summed E-state index contributed by atoms with van der Waals surface area (Å²) >= 11 is 0. The molecule has 0 spiro atoms. The van der Waals surface area contributed by atoms with Gasteiger partial charge in [0.05, 0.1) is 0 Å². The first-order chi connectivity index (χ1) is 8.93. The Kier molecular flexibility index (Phi) is 1.41. The van der Waals surface area contributed by atoms with Gasteiger partial charge in [-0.2, -0.15) is 0 Å². The lowest BCUT2D eigenvalue weighted by atomic mass is 10.1. The molecule has 3 aliphatic rings. The number of hydrogen-bond donors (Lipinski definition) is 0. The molecule has 0 N–H and O–H groups in total. The summed E-state index contributed by atoms with van der Waals surface area (Å²) in [5, 5.41) is 5.75. The summed E-state index contributed by atoms with van der Waals surface area (Å²) in [7, 11) is 0. The van der Waals surface area contributed by atoms with E-state index in [0.29, 0.717) is 0 Å². The molecule has 0 amide bonds. The van der Waals surface area contributed by atoms with Crippen LogP contribution in [-0.2, 0) is 12.8 Å². The van der Waals surface area contributed by atoms with Crippen LogP contribution < -0.4 is 10.4 Å². The summed E-state index contributed by atoms with van der Waals surface area (Å²) in [5.41, 5.74) is 6.50. The van der Waals surface area contributed by atoms with Crippen molar-refractivity contribution < 1.29 is 0 Å². The Morgan fingerprint density at radius 1 is 0.722 bits per heavy atom. The van der Waals surface area contributed by atoms with Crippen LogP contribution in [0.2, 0.25) is 0 Å². The Morgan fingerprint density at radius 3 is 2.50 bits per heavy atom. The molecule has 0 aliphatic heterocycles. The highest BCUT2D eigenvalue weighted by Gasteiger charge is 2.33. The minimum absolute atomic E-state index is 1.23. The second kappa shape index (κ2) is 2.84. The normalized spacial score (nSPS) is 23.6. The predicted octanol–water partition coefficient (Wildman–Crippen LogP) is 1.91. The Balaban J connectivity index is 2.24. The first-order valence-corrected chi connectivity index (χ1v) is 6.57. The maximum Gasteiger partial charge on any atom is -0.00104 e. The summed E-state index contributed by atoms with van der Waals surface area (Å²) in [5.74, 6) is 0. The molecule has 3 aliphatic carbocycles. The van der Waals surface area contributed by atoms with Gasteiger partial charge in [0.2, 0.25) is 0 Å². The van der Waals surface area contributed by atoms with Gasteiger partial charge in [-0.25, -0.2) is 0 Å². The highest BCUT2D eigenvalue weighted by atomic mass is 14.4. The molecule has 0 fully saturated rings. The van der Waals surface area contributed by atoms with E-state index in [-0.39, 0.29) is 0 Å². The molecule has 0 heteroatoms. The standard InChI is InChI=1S/C18H12/c1-3-7-12-11(5-1)6-2-4-8-13-14-9-15(14)16-10-17(16)18(12)13/h1-8H,9-10H2/b4-2-,6-2?,8-4?,11-6-,13-8-,18-12+. The molecule has 0 heterocycles. The van der Waals surface area contributed by atoms with Crippen molar-refractivity contribution in [1.29, 1.82) is 0 Å². The molecule has 0 saturated carbocycles. The molecule has 18 heavy (non-hydrogen) atoms. The molecule has 0 bridgehead atoms. The van der Waals surface area contributed by atoms with Crippen LogP contribution in [0.25, 0.3) is 12.2 Å². The summed E-state index contributed by atoms with van der Waals surface area (Å²) in [6, 6.07) is 8.77. The molecule has 84 valence electrons. The maximum atomic E-state index is 2.30. The summed E-state index contributed by atoms with van der Waals surface area (Å²) in [4.78, 5) is 0. The van der Waals surface area contributed by atoms with Crippen LogP contribution in [0.15, 0.2) is 36.4 Å². The van der Waals surface area contributed by atoms with E-state index in [1.165, 1.54) is 33.7 Å². The van der Waals surface area contributed by atoms with E-state index in [9.17, 15) is 0 Å². The highest BCUT2D eigenvalue weighted by Crippen LogP contribution is 2.41. The van der Waals surface area contributed by atoms with E-state index in [2.05, 4.69) is 48.6 Å². The van der Waals surface area contributed by atoms with E-state index in [1.807, 2.05) is 0 Å². The van der Waals surface area contributed by atoms with Gasteiger partial charge in [-0.05, 0) is 56.0 Å². The maximum absolute atomic E-state index is 2.30. The van der Waals surface area contributed by atoms with Crippen LogP contribution in [0, 0.1) is 10.4 Å². The quantitative estimate of drug-likeness (QED) is 0.431. The lowest BCUT2D eigenvalue weighted by Crippen LogP contribution is -2.11. The molecule has 0 unspecified atom stereocenters. The Morgan fingerprint density at radius 2 is 1.50 bits per heavy atom. The fraction of sp³-hybridized carbons (Fsp3) is 0.111. The van der Waals surface area contributed by atoms with E-state index >= 15 is 0 Å². The van der Waals surface area contributed by atoms with Gasteiger partial charge in [-0.15, -0.1) is 0 Å². The Hall–Kier alpha value is -2.08. The first-order valence-electron chi connectivity index (χ1n) is 6.57. The van der Waals surface area contributed by atoms with Crippen molar-refractivity contribution in [2.45, 2.75) is 12.8 Å². The molecular formula is C18H12. The lowest BCUT2D eigenvalue weighted by Gasteiger charge is -1.95. The van der Waals surface area contributed by atoms with Gasteiger partial charge in [-0.3, -0.25) is 0 Å². The molecule has 0 saturated heterocycles.